The number of rotatable bonds is 3. The first-order valence-corrected chi connectivity index (χ1v) is 6.37. The average Bonchev–Trinajstić information content (AvgIpc) is 2.43. The van der Waals surface area contributed by atoms with Crippen molar-refractivity contribution in [2.45, 2.75) is 25.9 Å². The number of carbonyl (C=O) groups excluding carboxylic acids is 2. The maximum absolute atomic E-state index is 13.6. The van der Waals surface area contributed by atoms with Gasteiger partial charge < -0.3 is 9.64 Å². The summed E-state index contributed by atoms with van der Waals surface area (Å²) in [5, 5.41) is 0. The van der Waals surface area contributed by atoms with Crippen LogP contribution in [0.1, 0.15) is 28.8 Å². The molecule has 0 bridgehead atoms. The molecule has 1 aliphatic heterocycles. The molecule has 1 aliphatic rings. The fourth-order valence-electron chi connectivity index (χ4n) is 2.13. The number of halogens is 2. The van der Waals surface area contributed by atoms with Gasteiger partial charge in [-0.05, 0) is 18.6 Å². The quantitative estimate of drug-likeness (QED) is 0.630. The smallest absolute Gasteiger partial charge is 0.341 e. The van der Waals surface area contributed by atoms with Crippen LogP contribution in [0.2, 0.25) is 0 Å². The SMILES string of the molecule is Cc1cc(C(=O)OC2CCN(C=O)CC2)c(F)cc1F. The number of nitrogens with zero attached hydrogens (tertiary/aromatic N) is 1. The third-order valence-corrected chi connectivity index (χ3v) is 3.37. The summed E-state index contributed by atoms with van der Waals surface area (Å²) < 4.78 is 31.9. The van der Waals surface area contributed by atoms with Crippen molar-refractivity contribution in [2.24, 2.45) is 0 Å². The molecule has 1 saturated heterocycles. The predicted molar refractivity (Wildman–Crippen MR) is 67.2 cm³/mol. The van der Waals surface area contributed by atoms with Gasteiger partial charge in [0.15, 0.2) is 0 Å². The van der Waals surface area contributed by atoms with Gasteiger partial charge in [-0.25, -0.2) is 13.6 Å². The predicted octanol–water partition coefficient (Wildman–Crippen LogP) is 2.05. The van der Waals surface area contributed by atoms with E-state index in [9.17, 15) is 18.4 Å². The normalized spacial score (nSPS) is 16.1. The van der Waals surface area contributed by atoms with E-state index in [0.717, 1.165) is 12.5 Å². The van der Waals surface area contributed by atoms with E-state index in [0.29, 0.717) is 32.0 Å². The number of esters is 1. The minimum Gasteiger partial charge on any atom is -0.459 e. The highest BCUT2D eigenvalue weighted by atomic mass is 19.1. The van der Waals surface area contributed by atoms with Gasteiger partial charge in [0.05, 0.1) is 5.56 Å². The molecule has 2 rings (SSSR count). The lowest BCUT2D eigenvalue weighted by Gasteiger charge is -2.28. The lowest BCUT2D eigenvalue weighted by Crippen LogP contribution is -2.37. The largest absolute Gasteiger partial charge is 0.459 e. The number of aryl methyl sites for hydroxylation is 1. The van der Waals surface area contributed by atoms with E-state index >= 15 is 0 Å². The number of hydrogen-bond donors (Lipinski definition) is 0. The average molecular weight is 283 g/mol. The lowest BCUT2D eigenvalue weighted by molar-refractivity contribution is -0.120. The zero-order valence-corrected chi connectivity index (χ0v) is 11.1. The second-order valence-electron chi connectivity index (χ2n) is 4.83. The van der Waals surface area contributed by atoms with Crippen LogP contribution in [0.5, 0.6) is 0 Å². The lowest BCUT2D eigenvalue weighted by atomic mass is 10.1. The Morgan fingerprint density at radius 3 is 2.55 bits per heavy atom. The molecule has 6 heteroatoms. The Kier molecular flexibility index (Phi) is 4.32. The fraction of sp³-hybridized carbons (Fsp3) is 0.429. The Morgan fingerprint density at radius 1 is 1.30 bits per heavy atom. The molecule has 0 radical (unpaired) electrons. The van der Waals surface area contributed by atoms with E-state index in [2.05, 4.69) is 0 Å². The fourth-order valence-corrected chi connectivity index (χ4v) is 2.13. The number of piperidine rings is 1. The number of carbonyl (C=O) groups is 2. The molecule has 0 unspecified atom stereocenters. The molecule has 1 aromatic carbocycles. The minimum absolute atomic E-state index is 0.189. The zero-order chi connectivity index (χ0) is 14.7. The van der Waals surface area contributed by atoms with Crippen molar-refractivity contribution in [1.29, 1.82) is 0 Å². The Labute approximate surface area is 115 Å². The molecule has 0 aliphatic carbocycles. The van der Waals surface area contributed by atoms with Crippen molar-refractivity contribution in [2.75, 3.05) is 13.1 Å². The van der Waals surface area contributed by atoms with Crippen LogP contribution in [0.4, 0.5) is 8.78 Å². The molecule has 1 heterocycles. The van der Waals surface area contributed by atoms with Crippen LogP contribution < -0.4 is 0 Å². The van der Waals surface area contributed by atoms with Crippen LogP contribution in [0, 0.1) is 18.6 Å². The third kappa shape index (κ3) is 3.12. The van der Waals surface area contributed by atoms with Gasteiger partial charge in [0, 0.05) is 32.0 Å². The summed E-state index contributed by atoms with van der Waals surface area (Å²) in [5.74, 6) is -2.42. The Morgan fingerprint density at radius 2 is 1.95 bits per heavy atom. The maximum atomic E-state index is 13.6. The van der Waals surface area contributed by atoms with Crippen LogP contribution in [-0.2, 0) is 9.53 Å². The van der Waals surface area contributed by atoms with Gasteiger partial charge in [0.2, 0.25) is 6.41 Å². The first kappa shape index (κ1) is 14.4. The molecule has 1 fully saturated rings. The summed E-state index contributed by atoms with van der Waals surface area (Å²) >= 11 is 0. The summed E-state index contributed by atoms with van der Waals surface area (Å²) in [5.41, 5.74) is -0.0733. The molecule has 0 N–H and O–H groups in total. The number of hydrogen-bond acceptors (Lipinski definition) is 3. The number of likely N-dealkylation sites (tertiary alicyclic amines) is 1. The van der Waals surface area contributed by atoms with Crippen molar-refractivity contribution in [1.82, 2.24) is 4.90 Å². The van der Waals surface area contributed by atoms with Crippen molar-refractivity contribution < 1.29 is 23.1 Å². The molecule has 108 valence electrons. The van der Waals surface area contributed by atoms with Crippen LogP contribution in [0.25, 0.3) is 0 Å². The Hall–Kier alpha value is -1.98. The van der Waals surface area contributed by atoms with E-state index in [1.165, 1.54) is 6.92 Å². The van der Waals surface area contributed by atoms with Gasteiger partial charge in [0.25, 0.3) is 0 Å². The van der Waals surface area contributed by atoms with Gasteiger partial charge in [-0.1, -0.05) is 0 Å². The minimum atomic E-state index is -0.927. The number of benzene rings is 1. The van der Waals surface area contributed by atoms with E-state index < -0.39 is 17.6 Å². The summed E-state index contributed by atoms with van der Waals surface area (Å²) in [6, 6.07) is 1.83. The molecule has 0 spiro atoms. The Balaban J connectivity index is 2.02. The van der Waals surface area contributed by atoms with Gasteiger partial charge in [-0.2, -0.15) is 0 Å². The van der Waals surface area contributed by atoms with E-state index in [-0.39, 0.29) is 17.2 Å². The second kappa shape index (κ2) is 5.98. The number of ether oxygens (including phenoxy) is 1. The molecule has 1 aromatic rings. The molecule has 0 aromatic heterocycles. The summed E-state index contributed by atoms with van der Waals surface area (Å²) in [4.78, 5) is 24.0. The molecule has 20 heavy (non-hydrogen) atoms. The second-order valence-corrected chi connectivity index (χ2v) is 4.83. The van der Waals surface area contributed by atoms with Crippen LogP contribution >= 0.6 is 0 Å². The maximum Gasteiger partial charge on any atom is 0.341 e. The third-order valence-electron chi connectivity index (χ3n) is 3.37. The highest BCUT2D eigenvalue weighted by Gasteiger charge is 2.24. The van der Waals surface area contributed by atoms with Crippen molar-refractivity contribution in [3.05, 3.63) is 34.9 Å². The highest BCUT2D eigenvalue weighted by molar-refractivity contribution is 5.90. The standard InChI is InChI=1S/C14H15F2NO3/c1-9-6-11(13(16)7-12(9)15)14(19)20-10-2-4-17(8-18)5-3-10/h6-8,10H,2-5H2,1H3. The molecular weight excluding hydrogens is 268 g/mol. The first-order chi connectivity index (χ1) is 9.51. The zero-order valence-electron chi connectivity index (χ0n) is 11.1. The van der Waals surface area contributed by atoms with Crippen molar-refractivity contribution in [3.8, 4) is 0 Å². The highest BCUT2D eigenvalue weighted by Crippen LogP contribution is 2.18. The first-order valence-electron chi connectivity index (χ1n) is 6.37. The van der Waals surface area contributed by atoms with Crippen molar-refractivity contribution in [3.63, 3.8) is 0 Å². The number of amides is 1. The molecule has 0 atom stereocenters. The van der Waals surface area contributed by atoms with Crippen LogP contribution in [0.15, 0.2) is 12.1 Å². The van der Waals surface area contributed by atoms with E-state index in [4.69, 9.17) is 4.74 Å². The topological polar surface area (TPSA) is 46.6 Å². The molecule has 0 saturated carbocycles. The monoisotopic (exact) mass is 283 g/mol. The summed E-state index contributed by atoms with van der Waals surface area (Å²) in [7, 11) is 0. The summed E-state index contributed by atoms with van der Waals surface area (Å²) in [6.45, 7) is 2.47. The molecular formula is C14H15F2NO3. The molecule has 1 amide bonds. The van der Waals surface area contributed by atoms with Gasteiger partial charge in [0.1, 0.15) is 17.7 Å². The van der Waals surface area contributed by atoms with Gasteiger partial charge in [-0.15, -0.1) is 0 Å². The van der Waals surface area contributed by atoms with Gasteiger partial charge >= 0.3 is 5.97 Å². The van der Waals surface area contributed by atoms with Crippen molar-refractivity contribution >= 4 is 12.4 Å². The van der Waals surface area contributed by atoms with Crippen LogP contribution in [-0.4, -0.2) is 36.5 Å². The van der Waals surface area contributed by atoms with Crippen LogP contribution in [0.3, 0.4) is 0 Å². The molecule has 4 nitrogen and oxygen atoms in total. The Bertz CT molecular complexity index is 525. The van der Waals surface area contributed by atoms with E-state index in [1.807, 2.05) is 0 Å². The summed E-state index contributed by atoms with van der Waals surface area (Å²) in [6.07, 6.45) is 1.45. The van der Waals surface area contributed by atoms with Gasteiger partial charge in [-0.3, -0.25) is 4.79 Å². The van der Waals surface area contributed by atoms with E-state index in [1.54, 1.807) is 4.90 Å².